The van der Waals surface area contributed by atoms with Crippen molar-refractivity contribution in [3.05, 3.63) is 53.0 Å². The van der Waals surface area contributed by atoms with E-state index in [1.165, 1.54) is 11.1 Å². The van der Waals surface area contributed by atoms with Crippen LogP contribution >= 0.6 is 0 Å². The predicted octanol–water partition coefficient (Wildman–Crippen LogP) is 3.01. The van der Waals surface area contributed by atoms with Crippen LogP contribution in [0.4, 0.5) is 5.82 Å². The van der Waals surface area contributed by atoms with E-state index in [2.05, 4.69) is 46.5 Å². The molecule has 0 fully saturated rings. The van der Waals surface area contributed by atoms with Crippen molar-refractivity contribution in [1.82, 2.24) is 9.97 Å². The molecular weight excluding hydrogens is 210 g/mol. The third-order valence-electron chi connectivity index (χ3n) is 2.52. The first-order valence-corrected chi connectivity index (χ1v) is 5.75. The number of rotatable bonds is 3. The molecule has 1 heterocycles. The number of nitrogens with zero attached hydrogens (tertiary/aromatic N) is 2. The Morgan fingerprint density at radius 3 is 2.59 bits per heavy atom. The van der Waals surface area contributed by atoms with E-state index in [9.17, 15) is 0 Å². The molecule has 0 bridgehead atoms. The second-order valence-electron chi connectivity index (χ2n) is 4.28. The van der Waals surface area contributed by atoms with E-state index in [4.69, 9.17) is 0 Å². The standard InChI is InChI=1S/C14H17N3/c1-10-5-4-6-13(7-10)9-15-14-8-11(2)16-12(3)17-14/h4-8H,9H2,1-3H3,(H,15,16,17). The molecule has 0 saturated carbocycles. The van der Waals surface area contributed by atoms with Crippen LogP contribution in [-0.2, 0) is 6.54 Å². The van der Waals surface area contributed by atoms with Crippen LogP contribution in [0.5, 0.6) is 0 Å². The molecule has 1 N–H and O–H groups in total. The molecule has 2 rings (SSSR count). The maximum Gasteiger partial charge on any atom is 0.130 e. The smallest absolute Gasteiger partial charge is 0.130 e. The fourth-order valence-electron chi connectivity index (χ4n) is 1.82. The average Bonchev–Trinajstić information content (AvgIpc) is 2.25. The Labute approximate surface area is 102 Å². The van der Waals surface area contributed by atoms with Crippen molar-refractivity contribution >= 4 is 5.82 Å². The van der Waals surface area contributed by atoms with Gasteiger partial charge < -0.3 is 5.32 Å². The minimum atomic E-state index is 0.789. The molecule has 2 aromatic rings. The van der Waals surface area contributed by atoms with Gasteiger partial charge in [-0.05, 0) is 26.3 Å². The quantitative estimate of drug-likeness (QED) is 0.875. The molecule has 0 spiro atoms. The van der Waals surface area contributed by atoms with E-state index in [1.807, 2.05) is 19.9 Å². The highest BCUT2D eigenvalue weighted by atomic mass is 15.0. The Hall–Kier alpha value is -1.90. The van der Waals surface area contributed by atoms with E-state index < -0.39 is 0 Å². The summed E-state index contributed by atoms with van der Waals surface area (Å²) in [5, 5.41) is 3.32. The number of hydrogen-bond acceptors (Lipinski definition) is 3. The first-order valence-electron chi connectivity index (χ1n) is 5.75. The van der Waals surface area contributed by atoms with E-state index in [-0.39, 0.29) is 0 Å². The van der Waals surface area contributed by atoms with Crippen molar-refractivity contribution in [2.75, 3.05) is 5.32 Å². The van der Waals surface area contributed by atoms with Gasteiger partial charge in [-0.1, -0.05) is 29.8 Å². The molecule has 17 heavy (non-hydrogen) atoms. The van der Waals surface area contributed by atoms with Crippen LogP contribution in [0.3, 0.4) is 0 Å². The van der Waals surface area contributed by atoms with Gasteiger partial charge in [0.05, 0.1) is 0 Å². The van der Waals surface area contributed by atoms with Crippen LogP contribution in [0.25, 0.3) is 0 Å². The lowest BCUT2D eigenvalue weighted by atomic mass is 10.1. The third-order valence-corrected chi connectivity index (χ3v) is 2.52. The van der Waals surface area contributed by atoms with Crippen molar-refractivity contribution in [3.8, 4) is 0 Å². The summed E-state index contributed by atoms with van der Waals surface area (Å²) in [7, 11) is 0. The number of aryl methyl sites for hydroxylation is 3. The zero-order valence-corrected chi connectivity index (χ0v) is 10.5. The Morgan fingerprint density at radius 2 is 1.88 bits per heavy atom. The lowest BCUT2D eigenvalue weighted by molar-refractivity contribution is 0.991. The van der Waals surface area contributed by atoms with Gasteiger partial charge in [0.15, 0.2) is 0 Å². The van der Waals surface area contributed by atoms with Crippen molar-refractivity contribution in [2.24, 2.45) is 0 Å². The molecule has 0 aliphatic rings. The normalized spacial score (nSPS) is 10.3. The molecule has 1 aromatic carbocycles. The molecule has 0 amide bonds. The zero-order chi connectivity index (χ0) is 12.3. The second-order valence-corrected chi connectivity index (χ2v) is 4.28. The summed E-state index contributed by atoms with van der Waals surface area (Å²) in [6, 6.07) is 10.4. The highest BCUT2D eigenvalue weighted by Gasteiger charge is 1.98. The SMILES string of the molecule is Cc1cccc(CNc2cc(C)nc(C)n2)c1. The Morgan fingerprint density at radius 1 is 1.06 bits per heavy atom. The summed E-state index contributed by atoms with van der Waals surface area (Å²) < 4.78 is 0. The summed E-state index contributed by atoms with van der Waals surface area (Å²) in [5.74, 6) is 1.69. The summed E-state index contributed by atoms with van der Waals surface area (Å²) in [4.78, 5) is 8.60. The second kappa shape index (κ2) is 4.95. The molecular formula is C14H17N3. The van der Waals surface area contributed by atoms with Gasteiger partial charge in [-0.2, -0.15) is 0 Å². The first kappa shape index (κ1) is 11.6. The molecule has 0 aliphatic heterocycles. The van der Waals surface area contributed by atoms with Crippen molar-refractivity contribution in [3.63, 3.8) is 0 Å². The Bertz CT molecular complexity index is 500. The monoisotopic (exact) mass is 227 g/mol. The van der Waals surface area contributed by atoms with Gasteiger partial charge in [-0.25, -0.2) is 9.97 Å². The third kappa shape index (κ3) is 3.28. The highest BCUT2D eigenvalue weighted by Crippen LogP contribution is 2.09. The van der Waals surface area contributed by atoms with Crippen LogP contribution in [0.1, 0.15) is 22.6 Å². The summed E-state index contributed by atoms with van der Waals surface area (Å²) in [5.41, 5.74) is 3.53. The molecule has 0 radical (unpaired) electrons. The van der Waals surface area contributed by atoms with E-state index >= 15 is 0 Å². The van der Waals surface area contributed by atoms with E-state index in [0.717, 1.165) is 23.9 Å². The first-order chi connectivity index (χ1) is 8.13. The van der Waals surface area contributed by atoms with Gasteiger partial charge in [0.2, 0.25) is 0 Å². The fraction of sp³-hybridized carbons (Fsp3) is 0.286. The topological polar surface area (TPSA) is 37.8 Å². The minimum absolute atomic E-state index is 0.789. The fourth-order valence-corrected chi connectivity index (χ4v) is 1.82. The molecule has 3 heteroatoms. The molecule has 0 saturated heterocycles. The summed E-state index contributed by atoms with van der Waals surface area (Å²) >= 11 is 0. The van der Waals surface area contributed by atoms with Crippen LogP contribution < -0.4 is 5.32 Å². The number of aromatic nitrogens is 2. The van der Waals surface area contributed by atoms with Crippen LogP contribution in [0.2, 0.25) is 0 Å². The van der Waals surface area contributed by atoms with Crippen molar-refractivity contribution < 1.29 is 0 Å². The van der Waals surface area contributed by atoms with Gasteiger partial charge in [0.25, 0.3) is 0 Å². The van der Waals surface area contributed by atoms with Gasteiger partial charge in [0.1, 0.15) is 11.6 Å². The lowest BCUT2D eigenvalue weighted by Crippen LogP contribution is -2.04. The van der Waals surface area contributed by atoms with Gasteiger partial charge in [-0.15, -0.1) is 0 Å². The highest BCUT2D eigenvalue weighted by molar-refractivity contribution is 5.37. The number of nitrogens with one attached hydrogen (secondary N) is 1. The van der Waals surface area contributed by atoms with Gasteiger partial charge in [-0.3, -0.25) is 0 Å². The molecule has 0 atom stereocenters. The predicted molar refractivity (Wildman–Crippen MR) is 70.0 cm³/mol. The molecule has 0 aliphatic carbocycles. The van der Waals surface area contributed by atoms with Crippen LogP contribution in [0.15, 0.2) is 30.3 Å². The number of benzene rings is 1. The lowest BCUT2D eigenvalue weighted by Gasteiger charge is -2.07. The van der Waals surface area contributed by atoms with Crippen LogP contribution in [-0.4, -0.2) is 9.97 Å². The van der Waals surface area contributed by atoms with Gasteiger partial charge >= 0.3 is 0 Å². The van der Waals surface area contributed by atoms with Crippen molar-refractivity contribution in [1.29, 1.82) is 0 Å². The molecule has 88 valence electrons. The molecule has 3 nitrogen and oxygen atoms in total. The summed E-state index contributed by atoms with van der Waals surface area (Å²) in [6.07, 6.45) is 0. The number of anilines is 1. The molecule has 0 unspecified atom stereocenters. The maximum atomic E-state index is 4.35. The largest absolute Gasteiger partial charge is 0.366 e. The summed E-state index contributed by atoms with van der Waals surface area (Å²) in [6.45, 7) is 6.78. The molecule has 1 aromatic heterocycles. The van der Waals surface area contributed by atoms with Crippen molar-refractivity contribution in [2.45, 2.75) is 27.3 Å². The average molecular weight is 227 g/mol. The minimum Gasteiger partial charge on any atom is -0.366 e. The Balaban J connectivity index is 2.07. The number of hydrogen-bond donors (Lipinski definition) is 1. The van der Waals surface area contributed by atoms with E-state index in [1.54, 1.807) is 0 Å². The van der Waals surface area contributed by atoms with E-state index in [0.29, 0.717) is 0 Å². The zero-order valence-electron chi connectivity index (χ0n) is 10.5. The Kier molecular flexibility index (Phi) is 3.38. The maximum absolute atomic E-state index is 4.35. The van der Waals surface area contributed by atoms with Gasteiger partial charge in [0, 0.05) is 18.3 Å². The van der Waals surface area contributed by atoms with Crippen LogP contribution in [0, 0.1) is 20.8 Å².